The molecule has 1 fully saturated rings. The lowest BCUT2D eigenvalue weighted by molar-refractivity contribution is -0.151. The lowest BCUT2D eigenvalue weighted by Gasteiger charge is -2.26. The first-order valence-corrected chi connectivity index (χ1v) is 7.07. The average Bonchev–Trinajstić information content (AvgIpc) is 2.39. The Labute approximate surface area is 105 Å². The normalized spacial score (nSPS) is 24.9. The van der Waals surface area contributed by atoms with Gasteiger partial charge in [-0.3, -0.25) is 4.79 Å². The molecule has 2 N–H and O–H groups in total. The third-order valence-electron chi connectivity index (χ3n) is 4.13. The maximum absolute atomic E-state index is 11.9. The number of ether oxygens (including phenoxy) is 1. The Bertz CT molecular complexity index is 218. The highest BCUT2D eigenvalue weighted by molar-refractivity contribution is 5.72. The van der Waals surface area contributed by atoms with Crippen LogP contribution in [0.4, 0.5) is 0 Å². The van der Waals surface area contributed by atoms with Crippen molar-refractivity contribution in [1.82, 2.24) is 0 Å². The topological polar surface area (TPSA) is 52.3 Å². The van der Waals surface area contributed by atoms with Crippen LogP contribution in [-0.4, -0.2) is 19.1 Å². The fourth-order valence-electron chi connectivity index (χ4n) is 2.48. The quantitative estimate of drug-likeness (QED) is 0.727. The summed E-state index contributed by atoms with van der Waals surface area (Å²) in [5, 5.41) is 0. The summed E-state index contributed by atoms with van der Waals surface area (Å²) < 4.78 is 5.42. The summed E-state index contributed by atoms with van der Waals surface area (Å²) in [4.78, 5) is 11.9. The van der Waals surface area contributed by atoms with Gasteiger partial charge in [0.05, 0.1) is 12.5 Å². The van der Waals surface area contributed by atoms with Crippen LogP contribution in [0.3, 0.4) is 0 Å². The van der Waals surface area contributed by atoms with E-state index in [1.165, 1.54) is 0 Å². The van der Waals surface area contributed by atoms with Crippen LogP contribution in [0.25, 0.3) is 0 Å². The Morgan fingerprint density at radius 3 is 2.29 bits per heavy atom. The van der Waals surface area contributed by atoms with Gasteiger partial charge >= 0.3 is 5.97 Å². The van der Waals surface area contributed by atoms with Crippen LogP contribution in [0.2, 0.25) is 0 Å². The molecule has 1 saturated carbocycles. The van der Waals surface area contributed by atoms with Gasteiger partial charge in [0.1, 0.15) is 0 Å². The number of carbonyl (C=O) groups is 1. The molecule has 0 radical (unpaired) electrons. The van der Waals surface area contributed by atoms with Gasteiger partial charge in [-0.2, -0.15) is 0 Å². The molecule has 100 valence electrons. The predicted octanol–water partition coefficient (Wildman–Crippen LogP) is 2.73. The number of hydrogen-bond acceptors (Lipinski definition) is 3. The Morgan fingerprint density at radius 1 is 1.24 bits per heavy atom. The van der Waals surface area contributed by atoms with Gasteiger partial charge in [-0.15, -0.1) is 0 Å². The number of nitrogens with two attached hydrogens (primary N) is 1. The van der Waals surface area contributed by atoms with Crippen LogP contribution in [0, 0.1) is 17.8 Å². The highest BCUT2D eigenvalue weighted by Gasteiger charge is 2.26. The molecule has 0 heterocycles. The molecule has 1 aliphatic carbocycles. The number of rotatable bonds is 6. The van der Waals surface area contributed by atoms with Crippen LogP contribution in [0.15, 0.2) is 0 Å². The number of esters is 1. The number of hydrogen-bond donors (Lipinski definition) is 1. The smallest absolute Gasteiger partial charge is 0.308 e. The third kappa shape index (κ3) is 4.66. The van der Waals surface area contributed by atoms with Gasteiger partial charge in [0, 0.05) is 0 Å². The first kappa shape index (κ1) is 14.5. The zero-order valence-electron chi connectivity index (χ0n) is 11.3. The second kappa shape index (κ2) is 7.70. The van der Waals surface area contributed by atoms with Gasteiger partial charge in [0.2, 0.25) is 0 Å². The SMILES string of the molecule is CCC(CC)COC(=O)C1CCC(CN)CC1. The molecule has 3 heteroatoms. The van der Waals surface area contributed by atoms with E-state index < -0.39 is 0 Å². The Hall–Kier alpha value is -0.570. The van der Waals surface area contributed by atoms with E-state index in [0.29, 0.717) is 18.4 Å². The van der Waals surface area contributed by atoms with E-state index in [1.54, 1.807) is 0 Å². The molecule has 0 aromatic heterocycles. The summed E-state index contributed by atoms with van der Waals surface area (Å²) in [6.45, 7) is 5.65. The molecule has 0 aliphatic heterocycles. The van der Waals surface area contributed by atoms with E-state index in [4.69, 9.17) is 10.5 Å². The largest absolute Gasteiger partial charge is 0.465 e. The minimum Gasteiger partial charge on any atom is -0.465 e. The van der Waals surface area contributed by atoms with Gasteiger partial charge in [-0.1, -0.05) is 26.7 Å². The lowest BCUT2D eigenvalue weighted by atomic mass is 9.82. The van der Waals surface area contributed by atoms with Crippen molar-refractivity contribution >= 4 is 5.97 Å². The number of carbonyl (C=O) groups excluding carboxylic acids is 1. The van der Waals surface area contributed by atoms with Gasteiger partial charge in [-0.05, 0) is 44.1 Å². The maximum atomic E-state index is 11.9. The summed E-state index contributed by atoms with van der Waals surface area (Å²) in [6, 6.07) is 0. The molecular formula is C14H27NO2. The van der Waals surface area contributed by atoms with Crippen molar-refractivity contribution in [1.29, 1.82) is 0 Å². The van der Waals surface area contributed by atoms with E-state index in [2.05, 4.69) is 13.8 Å². The molecule has 0 spiro atoms. The van der Waals surface area contributed by atoms with Crippen molar-refractivity contribution in [3.05, 3.63) is 0 Å². The molecule has 0 unspecified atom stereocenters. The van der Waals surface area contributed by atoms with Crippen molar-refractivity contribution in [3.63, 3.8) is 0 Å². The summed E-state index contributed by atoms with van der Waals surface area (Å²) in [5.41, 5.74) is 5.64. The lowest BCUT2D eigenvalue weighted by Crippen LogP contribution is -2.28. The van der Waals surface area contributed by atoms with Gasteiger partial charge in [0.15, 0.2) is 0 Å². The molecule has 0 amide bonds. The summed E-state index contributed by atoms with van der Waals surface area (Å²) in [5.74, 6) is 1.30. The standard InChI is InChI=1S/C14H27NO2/c1-3-11(4-2)10-17-14(16)13-7-5-12(9-15)6-8-13/h11-13H,3-10,15H2,1-2H3. The molecule has 0 bridgehead atoms. The van der Waals surface area contributed by atoms with Crippen molar-refractivity contribution in [2.24, 2.45) is 23.5 Å². The van der Waals surface area contributed by atoms with Crippen molar-refractivity contribution < 1.29 is 9.53 Å². The van der Waals surface area contributed by atoms with Crippen LogP contribution in [-0.2, 0) is 9.53 Å². The molecule has 0 saturated heterocycles. The second-order valence-electron chi connectivity index (χ2n) is 5.27. The Balaban J connectivity index is 2.24. The molecular weight excluding hydrogens is 214 g/mol. The molecule has 17 heavy (non-hydrogen) atoms. The van der Waals surface area contributed by atoms with Crippen LogP contribution in [0.1, 0.15) is 52.4 Å². The summed E-state index contributed by atoms with van der Waals surface area (Å²) >= 11 is 0. The van der Waals surface area contributed by atoms with Gasteiger partial charge < -0.3 is 10.5 Å². The first-order valence-electron chi connectivity index (χ1n) is 7.07. The molecule has 1 aliphatic rings. The average molecular weight is 241 g/mol. The molecule has 0 atom stereocenters. The second-order valence-corrected chi connectivity index (χ2v) is 5.27. The monoisotopic (exact) mass is 241 g/mol. The van der Waals surface area contributed by atoms with E-state index in [1.807, 2.05) is 0 Å². The van der Waals surface area contributed by atoms with Gasteiger partial charge in [0.25, 0.3) is 0 Å². The minimum absolute atomic E-state index is 0.0207. The van der Waals surface area contributed by atoms with E-state index in [-0.39, 0.29) is 11.9 Å². The maximum Gasteiger partial charge on any atom is 0.308 e. The highest BCUT2D eigenvalue weighted by atomic mass is 16.5. The fourth-order valence-corrected chi connectivity index (χ4v) is 2.48. The zero-order valence-corrected chi connectivity index (χ0v) is 11.3. The summed E-state index contributed by atoms with van der Waals surface area (Å²) in [6.07, 6.45) is 6.27. The zero-order chi connectivity index (χ0) is 12.7. The van der Waals surface area contributed by atoms with Crippen molar-refractivity contribution in [2.75, 3.05) is 13.2 Å². The third-order valence-corrected chi connectivity index (χ3v) is 4.13. The van der Waals surface area contributed by atoms with E-state index in [9.17, 15) is 4.79 Å². The van der Waals surface area contributed by atoms with Gasteiger partial charge in [-0.25, -0.2) is 0 Å². The van der Waals surface area contributed by atoms with E-state index >= 15 is 0 Å². The fraction of sp³-hybridized carbons (Fsp3) is 0.929. The Kier molecular flexibility index (Phi) is 6.56. The molecule has 1 rings (SSSR count). The van der Waals surface area contributed by atoms with Crippen molar-refractivity contribution in [3.8, 4) is 0 Å². The molecule has 3 nitrogen and oxygen atoms in total. The Morgan fingerprint density at radius 2 is 1.82 bits per heavy atom. The molecule has 0 aromatic rings. The van der Waals surface area contributed by atoms with Crippen LogP contribution < -0.4 is 5.73 Å². The minimum atomic E-state index is 0.0207. The summed E-state index contributed by atoms with van der Waals surface area (Å²) in [7, 11) is 0. The first-order chi connectivity index (χ1) is 8.21. The van der Waals surface area contributed by atoms with Crippen molar-refractivity contribution in [2.45, 2.75) is 52.4 Å². The highest BCUT2D eigenvalue weighted by Crippen LogP contribution is 2.29. The van der Waals surface area contributed by atoms with Crippen LogP contribution in [0.5, 0.6) is 0 Å². The predicted molar refractivity (Wildman–Crippen MR) is 69.5 cm³/mol. The van der Waals surface area contributed by atoms with Crippen LogP contribution >= 0.6 is 0 Å². The van der Waals surface area contributed by atoms with E-state index in [0.717, 1.165) is 45.1 Å². The molecule has 0 aromatic carbocycles.